The number of benzene rings is 1. The van der Waals surface area contributed by atoms with E-state index in [1.165, 1.54) is 11.3 Å². The van der Waals surface area contributed by atoms with Gasteiger partial charge < -0.3 is 10.1 Å². The number of hydrogen-bond donors (Lipinski definition) is 1. The van der Waals surface area contributed by atoms with Gasteiger partial charge in [0.25, 0.3) is 0 Å². The number of halogens is 2. The lowest BCUT2D eigenvalue weighted by Crippen LogP contribution is -2.06. The molecule has 0 aliphatic heterocycles. The van der Waals surface area contributed by atoms with Crippen LogP contribution in [0.2, 0.25) is 10.0 Å². The van der Waals surface area contributed by atoms with E-state index in [1.807, 2.05) is 12.1 Å². The summed E-state index contributed by atoms with van der Waals surface area (Å²) in [6.45, 7) is 1.37. The van der Waals surface area contributed by atoms with E-state index in [2.05, 4.69) is 15.5 Å². The van der Waals surface area contributed by atoms with E-state index in [4.69, 9.17) is 27.9 Å². The Morgan fingerprint density at radius 2 is 2.15 bits per heavy atom. The van der Waals surface area contributed by atoms with E-state index < -0.39 is 0 Å². The normalized spacial score (nSPS) is 10.8. The predicted octanol–water partition coefficient (Wildman–Crippen LogP) is 4.20. The zero-order chi connectivity index (χ0) is 14.4. The Labute approximate surface area is 135 Å². The van der Waals surface area contributed by atoms with Crippen molar-refractivity contribution >= 4 is 51.4 Å². The first-order chi connectivity index (χ1) is 9.69. The van der Waals surface area contributed by atoms with Crippen LogP contribution in [0, 0.1) is 0 Å². The first-order valence-electron chi connectivity index (χ1n) is 5.82. The summed E-state index contributed by atoms with van der Waals surface area (Å²) in [5.41, 5.74) is 1.11. The molecule has 2 aromatic rings. The number of thioether (sulfide) groups is 1. The second-order valence-corrected chi connectivity index (χ2v) is 6.84. The lowest BCUT2D eigenvalue weighted by Gasteiger charge is -2.01. The second kappa shape index (κ2) is 8.05. The Bertz CT molecular complexity index is 565. The van der Waals surface area contributed by atoms with Gasteiger partial charge in [0, 0.05) is 19.4 Å². The van der Waals surface area contributed by atoms with Crippen LogP contribution in [0.5, 0.6) is 0 Å². The van der Waals surface area contributed by atoms with E-state index in [-0.39, 0.29) is 0 Å². The molecule has 0 unspecified atom stereocenters. The Balaban J connectivity index is 1.85. The molecule has 4 nitrogen and oxygen atoms in total. The SMILES string of the molecule is COCCNc1nnc(SCc2ccc(Cl)c(Cl)c2)s1. The molecule has 0 aliphatic rings. The minimum atomic E-state index is 0.570. The molecule has 0 bridgehead atoms. The maximum Gasteiger partial charge on any atom is 0.206 e. The summed E-state index contributed by atoms with van der Waals surface area (Å²) >= 11 is 15.0. The fourth-order valence-corrected chi connectivity index (χ4v) is 3.42. The summed E-state index contributed by atoms with van der Waals surface area (Å²) in [7, 11) is 1.67. The summed E-state index contributed by atoms with van der Waals surface area (Å²) in [5.74, 6) is 0.781. The van der Waals surface area contributed by atoms with Gasteiger partial charge >= 0.3 is 0 Å². The molecule has 0 spiro atoms. The van der Waals surface area contributed by atoms with Crippen molar-refractivity contribution in [3.8, 4) is 0 Å². The highest BCUT2D eigenvalue weighted by Gasteiger charge is 2.06. The third-order valence-corrected chi connectivity index (χ3v) is 5.16. The maximum absolute atomic E-state index is 5.98. The van der Waals surface area contributed by atoms with Gasteiger partial charge in [0.1, 0.15) is 0 Å². The highest BCUT2D eigenvalue weighted by Crippen LogP contribution is 2.30. The highest BCUT2D eigenvalue weighted by atomic mass is 35.5. The van der Waals surface area contributed by atoms with Crippen LogP contribution in [0.15, 0.2) is 22.5 Å². The summed E-state index contributed by atoms with van der Waals surface area (Å²) < 4.78 is 5.87. The van der Waals surface area contributed by atoms with Crippen molar-refractivity contribution < 1.29 is 4.74 Å². The number of ether oxygens (including phenoxy) is 1. The first-order valence-corrected chi connectivity index (χ1v) is 8.38. The van der Waals surface area contributed by atoms with Crippen LogP contribution < -0.4 is 5.32 Å². The molecule has 1 aromatic heterocycles. The average molecular weight is 350 g/mol. The Morgan fingerprint density at radius 3 is 2.90 bits per heavy atom. The molecule has 1 heterocycles. The van der Waals surface area contributed by atoms with E-state index in [1.54, 1.807) is 24.9 Å². The van der Waals surface area contributed by atoms with Crippen molar-refractivity contribution in [3.05, 3.63) is 33.8 Å². The lowest BCUT2D eigenvalue weighted by atomic mass is 10.2. The summed E-state index contributed by atoms with van der Waals surface area (Å²) in [5, 5.41) is 13.3. The molecule has 0 saturated heterocycles. The number of rotatable bonds is 7. The minimum Gasteiger partial charge on any atom is -0.383 e. The molecule has 2 rings (SSSR count). The van der Waals surface area contributed by atoms with Crippen LogP contribution in [0.3, 0.4) is 0 Å². The standard InChI is InChI=1S/C12H13Cl2N3OS2/c1-18-5-4-15-11-16-17-12(20-11)19-7-8-2-3-9(13)10(14)6-8/h2-3,6H,4-5,7H2,1H3,(H,15,16). The van der Waals surface area contributed by atoms with E-state index in [0.717, 1.165) is 27.3 Å². The van der Waals surface area contributed by atoms with Crippen LogP contribution in [-0.4, -0.2) is 30.5 Å². The summed E-state index contributed by atoms with van der Waals surface area (Å²) in [6, 6.07) is 5.63. The predicted molar refractivity (Wildman–Crippen MR) is 86.3 cm³/mol. The van der Waals surface area contributed by atoms with Crippen LogP contribution in [0.4, 0.5) is 5.13 Å². The summed E-state index contributed by atoms with van der Waals surface area (Å²) in [4.78, 5) is 0. The van der Waals surface area contributed by atoms with Crippen molar-refractivity contribution in [2.45, 2.75) is 10.1 Å². The van der Waals surface area contributed by atoms with Gasteiger partial charge in [0.05, 0.1) is 16.7 Å². The number of anilines is 1. The van der Waals surface area contributed by atoms with Crippen molar-refractivity contribution in [1.82, 2.24) is 10.2 Å². The van der Waals surface area contributed by atoms with Crippen molar-refractivity contribution in [2.75, 3.05) is 25.6 Å². The Morgan fingerprint density at radius 1 is 1.30 bits per heavy atom. The fraction of sp³-hybridized carbons (Fsp3) is 0.333. The first kappa shape index (κ1) is 15.9. The lowest BCUT2D eigenvalue weighted by molar-refractivity contribution is 0.211. The fourth-order valence-electron chi connectivity index (χ4n) is 1.37. The van der Waals surface area contributed by atoms with E-state index in [0.29, 0.717) is 16.7 Å². The molecule has 8 heteroatoms. The molecule has 0 amide bonds. The number of methoxy groups -OCH3 is 1. The van der Waals surface area contributed by atoms with Crippen LogP contribution >= 0.6 is 46.3 Å². The van der Waals surface area contributed by atoms with Crippen LogP contribution in [0.1, 0.15) is 5.56 Å². The van der Waals surface area contributed by atoms with E-state index in [9.17, 15) is 0 Å². The molecule has 0 radical (unpaired) electrons. The zero-order valence-corrected chi connectivity index (χ0v) is 13.9. The molecular weight excluding hydrogens is 337 g/mol. The number of hydrogen-bond acceptors (Lipinski definition) is 6. The third-order valence-electron chi connectivity index (χ3n) is 2.34. The quantitative estimate of drug-likeness (QED) is 0.599. The largest absolute Gasteiger partial charge is 0.383 e. The van der Waals surface area contributed by atoms with Gasteiger partial charge in [-0.3, -0.25) is 0 Å². The molecule has 108 valence electrons. The van der Waals surface area contributed by atoms with Crippen LogP contribution in [-0.2, 0) is 10.5 Å². The summed E-state index contributed by atoms with van der Waals surface area (Å²) in [6.07, 6.45) is 0. The van der Waals surface area contributed by atoms with Gasteiger partial charge in [-0.15, -0.1) is 10.2 Å². The second-order valence-electron chi connectivity index (χ2n) is 3.83. The molecule has 1 aromatic carbocycles. The molecule has 0 fully saturated rings. The van der Waals surface area contributed by atoms with Gasteiger partial charge in [0.2, 0.25) is 5.13 Å². The maximum atomic E-state index is 5.98. The third kappa shape index (κ3) is 4.79. The Hall–Kier alpha value is -0.530. The minimum absolute atomic E-state index is 0.570. The van der Waals surface area contributed by atoms with Crippen molar-refractivity contribution in [2.24, 2.45) is 0 Å². The van der Waals surface area contributed by atoms with E-state index >= 15 is 0 Å². The van der Waals surface area contributed by atoms with Crippen molar-refractivity contribution in [1.29, 1.82) is 0 Å². The van der Waals surface area contributed by atoms with Gasteiger partial charge in [-0.05, 0) is 17.7 Å². The Kier molecular flexibility index (Phi) is 6.38. The number of nitrogens with zero attached hydrogens (tertiary/aromatic N) is 2. The highest BCUT2D eigenvalue weighted by molar-refractivity contribution is 8.00. The average Bonchev–Trinajstić information content (AvgIpc) is 2.88. The van der Waals surface area contributed by atoms with Gasteiger partial charge in [-0.1, -0.05) is 52.4 Å². The van der Waals surface area contributed by atoms with Gasteiger partial charge in [-0.2, -0.15) is 0 Å². The zero-order valence-electron chi connectivity index (χ0n) is 10.7. The molecule has 1 N–H and O–H groups in total. The monoisotopic (exact) mass is 349 g/mol. The molecule has 0 saturated carbocycles. The van der Waals surface area contributed by atoms with Crippen molar-refractivity contribution in [3.63, 3.8) is 0 Å². The molecule has 0 atom stereocenters. The molecular formula is C12H13Cl2N3OS2. The van der Waals surface area contributed by atoms with Gasteiger partial charge in [0.15, 0.2) is 4.34 Å². The number of aromatic nitrogens is 2. The smallest absolute Gasteiger partial charge is 0.206 e. The number of nitrogens with one attached hydrogen (secondary N) is 1. The van der Waals surface area contributed by atoms with Gasteiger partial charge in [-0.25, -0.2) is 0 Å². The topological polar surface area (TPSA) is 47.0 Å². The molecule has 20 heavy (non-hydrogen) atoms. The van der Waals surface area contributed by atoms with Crippen LogP contribution in [0.25, 0.3) is 0 Å². The molecule has 0 aliphatic carbocycles.